The summed E-state index contributed by atoms with van der Waals surface area (Å²) < 4.78 is 35.5. The van der Waals surface area contributed by atoms with Gasteiger partial charge in [-0.25, -0.2) is 8.42 Å². The molecule has 0 fully saturated rings. The van der Waals surface area contributed by atoms with Gasteiger partial charge in [0.2, 0.25) is 22.7 Å². The molecule has 0 radical (unpaired) electrons. The number of sulfonamides is 1. The highest BCUT2D eigenvalue weighted by Crippen LogP contribution is 2.32. The van der Waals surface area contributed by atoms with Crippen molar-refractivity contribution in [1.29, 1.82) is 0 Å². The van der Waals surface area contributed by atoms with Crippen molar-refractivity contribution < 1.29 is 22.7 Å². The molecule has 0 saturated heterocycles. The number of rotatable bonds is 7. The van der Waals surface area contributed by atoms with Crippen LogP contribution in [0.4, 0.5) is 0 Å². The summed E-state index contributed by atoms with van der Waals surface area (Å²) in [7, 11) is -3.51. The van der Waals surface area contributed by atoms with E-state index in [0.717, 1.165) is 16.1 Å². The zero-order valence-electron chi connectivity index (χ0n) is 13.5. The van der Waals surface area contributed by atoms with Crippen LogP contribution in [0, 0.1) is 5.92 Å². The van der Waals surface area contributed by atoms with Gasteiger partial charge in [0.25, 0.3) is 0 Å². The fourth-order valence-electron chi connectivity index (χ4n) is 2.07. The van der Waals surface area contributed by atoms with Crippen LogP contribution >= 0.6 is 0 Å². The Hall–Kier alpha value is -1.80. The van der Waals surface area contributed by atoms with Crippen molar-refractivity contribution in [2.45, 2.75) is 20.4 Å². The van der Waals surface area contributed by atoms with Gasteiger partial charge in [-0.1, -0.05) is 19.9 Å². The van der Waals surface area contributed by atoms with Crippen LogP contribution in [-0.4, -0.2) is 44.8 Å². The Labute approximate surface area is 136 Å². The van der Waals surface area contributed by atoms with Crippen LogP contribution in [0.3, 0.4) is 0 Å². The van der Waals surface area contributed by atoms with Crippen LogP contribution in [0.25, 0.3) is 0 Å². The van der Waals surface area contributed by atoms with Gasteiger partial charge in [0, 0.05) is 13.1 Å². The van der Waals surface area contributed by atoms with Gasteiger partial charge in [-0.15, -0.1) is 0 Å². The van der Waals surface area contributed by atoms with Crippen molar-refractivity contribution in [1.82, 2.24) is 9.62 Å². The smallest absolute Gasteiger partial charge is 0.235 e. The number of carbonyl (C=O) groups excluding carboxylic acids is 1. The van der Waals surface area contributed by atoms with Crippen molar-refractivity contribution in [3.63, 3.8) is 0 Å². The first-order valence-corrected chi connectivity index (χ1v) is 9.21. The lowest BCUT2D eigenvalue weighted by molar-refractivity contribution is -0.121. The molecule has 0 unspecified atom stereocenters. The van der Waals surface area contributed by atoms with E-state index in [0.29, 0.717) is 24.0 Å². The van der Waals surface area contributed by atoms with Gasteiger partial charge in [-0.2, -0.15) is 4.31 Å². The lowest BCUT2D eigenvalue weighted by atomic mass is 10.2. The number of amides is 1. The molecule has 2 rings (SSSR count). The molecule has 0 spiro atoms. The number of hydrogen-bond acceptors (Lipinski definition) is 5. The third kappa shape index (κ3) is 5.11. The summed E-state index contributed by atoms with van der Waals surface area (Å²) >= 11 is 0. The minimum atomic E-state index is -3.51. The molecule has 23 heavy (non-hydrogen) atoms. The SMILES string of the molecule is CC(C)CNC(=O)CN(Cc1ccc2c(c1)OCO2)S(C)(=O)=O. The van der Waals surface area contributed by atoms with E-state index < -0.39 is 10.0 Å². The monoisotopic (exact) mass is 342 g/mol. The second kappa shape index (κ2) is 7.18. The Balaban J connectivity index is 2.06. The Kier molecular flexibility index (Phi) is 5.48. The second-order valence-electron chi connectivity index (χ2n) is 5.92. The van der Waals surface area contributed by atoms with E-state index in [4.69, 9.17) is 9.47 Å². The Morgan fingerprint density at radius 1 is 1.30 bits per heavy atom. The van der Waals surface area contributed by atoms with Crippen molar-refractivity contribution in [3.8, 4) is 11.5 Å². The summed E-state index contributed by atoms with van der Waals surface area (Å²) in [6, 6.07) is 5.22. The lowest BCUT2D eigenvalue weighted by Crippen LogP contribution is -2.40. The molecule has 1 aromatic rings. The Bertz CT molecular complexity index is 672. The molecule has 0 aliphatic carbocycles. The Morgan fingerprint density at radius 3 is 2.65 bits per heavy atom. The van der Waals surface area contributed by atoms with Gasteiger partial charge < -0.3 is 14.8 Å². The van der Waals surface area contributed by atoms with Gasteiger partial charge in [0.05, 0.1) is 12.8 Å². The number of fused-ring (bicyclic) bond motifs is 1. The fourth-order valence-corrected chi connectivity index (χ4v) is 2.80. The summed E-state index contributed by atoms with van der Waals surface area (Å²) in [5.74, 6) is 1.21. The Morgan fingerprint density at radius 2 is 2.00 bits per heavy atom. The summed E-state index contributed by atoms with van der Waals surface area (Å²) in [5, 5.41) is 2.72. The summed E-state index contributed by atoms with van der Waals surface area (Å²) in [5.41, 5.74) is 0.733. The zero-order valence-corrected chi connectivity index (χ0v) is 14.4. The number of ether oxygens (including phenoxy) is 2. The molecule has 1 amide bonds. The molecule has 1 N–H and O–H groups in total. The van der Waals surface area contributed by atoms with Crippen LogP contribution in [0.15, 0.2) is 18.2 Å². The first-order valence-electron chi connectivity index (χ1n) is 7.36. The van der Waals surface area contributed by atoms with Crippen molar-refractivity contribution >= 4 is 15.9 Å². The molecule has 1 heterocycles. The molecular weight excluding hydrogens is 320 g/mol. The average Bonchev–Trinajstić information content (AvgIpc) is 2.91. The normalized spacial score (nSPS) is 13.6. The quantitative estimate of drug-likeness (QED) is 0.797. The fraction of sp³-hybridized carbons (Fsp3) is 0.533. The van der Waals surface area contributed by atoms with Gasteiger partial charge in [-0.05, 0) is 23.6 Å². The van der Waals surface area contributed by atoms with Crippen molar-refractivity contribution in [3.05, 3.63) is 23.8 Å². The topological polar surface area (TPSA) is 84.9 Å². The predicted molar refractivity (Wildman–Crippen MR) is 85.7 cm³/mol. The number of nitrogens with one attached hydrogen (secondary N) is 1. The molecule has 0 aromatic heterocycles. The van der Waals surface area contributed by atoms with Crippen LogP contribution < -0.4 is 14.8 Å². The third-order valence-corrected chi connectivity index (χ3v) is 4.49. The molecule has 0 bridgehead atoms. The maximum absolute atomic E-state index is 11.9. The molecule has 8 heteroatoms. The predicted octanol–water partition coefficient (Wildman–Crippen LogP) is 0.949. The lowest BCUT2D eigenvalue weighted by Gasteiger charge is -2.20. The number of hydrogen-bond donors (Lipinski definition) is 1. The molecular formula is C15H22N2O5S. The maximum Gasteiger partial charge on any atom is 0.235 e. The van der Waals surface area contributed by atoms with E-state index in [2.05, 4.69) is 5.32 Å². The van der Waals surface area contributed by atoms with Crippen molar-refractivity contribution in [2.75, 3.05) is 26.1 Å². The first kappa shape index (κ1) is 17.6. The van der Waals surface area contributed by atoms with Crippen LogP contribution in [0.5, 0.6) is 11.5 Å². The van der Waals surface area contributed by atoms with Crippen LogP contribution in [0.1, 0.15) is 19.4 Å². The van der Waals surface area contributed by atoms with E-state index in [1.165, 1.54) is 0 Å². The largest absolute Gasteiger partial charge is 0.454 e. The van der Waals surface area contributed by atoms with E-state index in [1.807, 2.05) is 13.8 Å². The maximum atomic E-state index is 11.9. The first-order chi connectivity index (χ1) is 10.8. The highest BCUT2D eigenvalue weighted by atomic mass is 32.2. The van der Waals surface area contributed by atoms with Crippen LogP contribution in [-0.2, 0) is 21.4 Å². The molecule has 0 atom stereocenters. The van der Waals surface area contributed by atoms with Gasteiger partial charge in [-0.3, -0.25) is 4.79 Å². The highest BCUT2D eigenvalue weighted by molar-refractivity contribution is 7.88. The second-order valence-corrected chi connectivity index (χ2v) is 7.90. The number of carbonyl (C=O) groups is 1. The summed E-state index contributed by atoms with van der Waals surface area (Å²) in [6.07, 6.45) is 1.09. The molecule has 7 nitrogen and oxygen atoms in total. The van der Waals surface area contributed by atoms with Crippen LogP contribution in [0.2, 0.25) is 0 Å². The van der Waals surface area contributed by atoms with Gasteiger partial charge in [0.15, 0.2) is 11.5 Å². The molecule has 1 aliphatic rings. The average molecular weight is 342 g/mol. The zero-order chi connectivity index (χ0) is 17.0. The van der Waals surface area contributed by atoms with E-state index in [9.17, 15) is 13.2 Å². The minimum absolute atomic E-state index is 0.102. The van der Waals surface area contributed by atoms with E-state index in [1.54, 1.807) is 18.2 Å². The van der Waals surface area contributed by atoms with Gasteiger partial charge >= 0.3 is 0 Å². The summed E-state index contributed by atoms with van der Waals surface area (Å²) in [6.45, 7) is 4.51. The molecule has 1 aliphatic heterocycles. The number of benzene rings is 1. The number of nitrogens with zero attached hydrogens (tertiary/aromatic N) is 1. The van der Waals surface area contributed by atoms with Gasteiger partial charge in [0.1, 0.15) is 0 Å². The molecule has 1 aromatic carbocycles. The van der Waals surface area contributed by atoms with E-state index in [-0.39, 0.29) is 25.8 Å². The molecule has 128 valence electrons. The third-order valence-electron chi connectivity index (χ3n) is 3.29. The summed E-state index contributed by atoms with van der Waals surface area (Å²) in [4.78, 5) is 11.9. The van der Waals surface area contributed by atoms with E-state index >= 15 is 0 Å². The minimum Gasteiger partial charge on any atom is -0.454 e. The van der Waals surface area contributed by atoms with Crippen molar-refractivity contribution in [2.24, 2.45) is 5.92 Å². The standard InChI is InChI=1S/C15H22N2O5S/c1-11(2)7-16-15(18)9-17(23(3,19)20)8-12-4-5-13-14(6-12)22-10-21-13/h4-6,11H,7-10H2,1-3H3,(H,16,18). The molecule has 0 saturated carbocycles. The highest BCUT2D eigenvalue weighted by Gasteiger charge is 2.22.